The van der Waals surface area contributed by atoms with Crippen molar-refractivity contribution in [3.05, 3.63) is 48.2 Å². The second kappa shape index (κ2) is 7.53. The summed E-state index contributed by atoms with van der Waals surface area (Å²) in [5.41, 5.74) is 0. The molecule has 2 aromatic rings. The second-order valence-corrected chi connectivity index (χ2v) is 6.12. The van der Waals surface area contributed by atoms with Gasteiger partial charge in [-0.2, -0.15) is 0 Å². The Bertz CT molecular complexity index is 659. The Labute approximate surface area is 142 Å². The van der Waals surface area contributed by atoms with Crippen LogP contribution in [0.25, 0.3) is 0 Å². The fourth-order valence-corrected chi connectivity index (χ4v) is 3.10. The molecule has 1 aliphatic rings. The molecule has 128 valence electrons. The van der Waals surface area contributed by atoms with Gasteiger partial charge in [0.05, 0.1) is 6.10 Å². The SMILES string of the molecule is COC1CCC(N(C)C(=O)c2ccc(Oc3ccccc3)o2)CC1. The number of methoxy groups -OCH3 is 1. The van der Waals surface area contributed by atoms with Crippen LogP contribution in [0, 0.1) is 0 Å². The molecule has 0 bridgehead atoms. The summed E-state index contributed by atoms with van der Waals surface area (Å²) in [6.45, 7) is 0. The van der Waals surface area contributed by atoms with Gasteiger partial charge in [-0.3, -0.25) is 4.79 Å². The van der Waals surface area contributed by atoms with Crippen molar-refractivity contribution >= 4 is 5.91 Å². The molecule has 0 atom stereocenters. The first-order chi connectivity index (χ1) is 11.7. The number of furan rings is 1. The second-order valence-electron chi connectivity index (χ2n) is 6.12. The number of para-hydroxylation sites is 1. The van der Waals surface area contributed by atoms with Crippen LogP contribution < -0.4 is 4.74 Å². The van der Waals surface area contributed by atoms with Crippen LogP contribution in [-0.2, 0) is 4.74 Å². The van der Waals surface area contributed by atoms with Gasteiger partial charge in [0.1, 0.15) is 5.75 Å². The first-order valence-electron chi connectivity index (χ1n) is 8.30. The van der Waals surface area contributed by atoms with Crippen molar-refractivity contribution in [1.82, 2.24) is 4.90 Å². The lowest BCUT2D eigenvalue weighted by molar-refractivity contribution is 0.0371. The van der Waals surface area contributed by atoms with E-state index in [9.17, 15) is 4.79 Å². The Morgan fingerprint density at radius 1 is 1.08 bits per heavy atom. The lowest BCUT2D eigenvalue weighted by Gasteiger charge is -2.33. The summed E-state index contributed by atoms with van der Waals surface area (Å²) in [6.07, 6.45) is 4.20. The van der Waals surface area contributed by atoms with Crippen LogP contribution in [0.3, 0.4) is 0 Å². The van der Waals surface area contributed by atoms with Crippen LogP contribution in [0.4, 0.5) is 0 Å². The Morgan fingerprint density at radius 3 is 2.46 bits per heavy atom. The molecule has 5 nitrogen and oxygen atoms in total. The van der Waals surface area contributed by atoms with E-state index in [0.717, 1.165) is 25.7 Å². The normalized spacial score (nSPS) is 20.6. The molecule has 1 saturated carbocycles. The number of hydrogen-bond acceptors (Lipinski definition) is 4. The Morgan fingerprint density at radius 2 is 1.79 bits per heavy atom. The molecule has 0 N–H and O–H groups in total. The Hall–Kier alpha value is -2.27. The molecule has 1 heterocycles. The highest BCUT2D eigenvalue weighted by molar-refractivity contribution is 5.91. The van der Waals surface area contributed by atoms with Crippen LogP contribution in [0.2, 0.25) is 0 Å². The predicted molar refractivity (Wildman–Crippen MR) is 90.4 cm³/mol. The zero-order valence-electron chi connectivity index (χ0n) is 14.1. The first-order valence-corrected chi connectivity index (χ1v) is 8.30. The molecule has 0 unspecified atom stereocenters. The van der Waals surface area contributed by atoms with Gasteiger partial charge < -0.3 is 18.8 Å². The van der Waals surface area contributed by atoms with Crippen molar-refractivity contribution in [2.24, 2.45) is 0 Å². The lowest BCUT2D eigenvalue weighted by Crippen LogP contribution is -2.40. The summed E-state index contributed by atoms with van der Waals surface area (Å²) in [5, 5.41) is 0. The van der Waals surface area contributed by atoms with Crippen molar-refractivity contribution < 1.29 is 18.7 Å². The van der Waals surface area contributed by atoms with Gasteiger partial charge in [0, 0.05) is 26.3 Å². The van der Waals surface area contributed by atoms with E-state index in [1.807, 2.05) is 37.4 Å². The molecule has 3 rings (SSSR count). The third kappa shape index (κ3) is 3.79. The minimum Gasteiger partial charge on any atom is -0.426 e. The van der Waals surface area contributed by atoms with Crippen LogP contribution >= 0.6 is 0 Å². The molecular formula is C19H23NO4. The predicted octanol–water partition coefficient (Wildman–Crippen LogP) is 4.10. The minimum absolute atomic E-state index is 0.112. The highest BCUT2D eigenvalue weighted by Crippen LogP contribution is 2.27. The van der Waals surface area contributed by atoms with Crippen LogP contribution in [0.1, 0.15) is 36.2 Å². The number of hydrogen-bond donors (Lipinski definition) is 0. The standard InChI is InChI=1S/C19H23NO4/c1-20(14-8-10-15(22-2)11-9-14)19(21)17-12-13-18(24-17)23-16-6-4-3-5-7-16/h3-7,12-15H,8-11H2,1-2H3. The average Bonchev–Trinajstić information content (AvgIpc) is 3.10. The molecule has 1 amide bonds. The van der Waals surface area contributed by atoms with E-state index < -0.39 is 0 Å². The van der Waals surface area contributed by atoms with Gasteiger partial charge in [-0.15, -0.1) is 0 Å². The van der Waals surface area contributed by atoms with Gasteiger partial charge >= 0.3 is 0 Å². The fourth-order valence-electron chi connectivity index (χ4n) is 3.10. The van der Waals surface area contributed by atoms with Gasteiger partial charge in [-0.05, 0) is 43.9 Å². The molecule has 24 heavy (non-hydrogen) atoms. The molecule has 1 aromatic heterocycles. The average molecular weight is 329 g/mol. The minimum atomic E-state index is -0.112. The number of nitrogens with zero attached hydrogens (tertiary/aromatic N) is 1. The molecule has 1 fully saturated rings. The summed E-state index contributed by atoms with van der Waals surface area (Å²) >= 11 is 0. The van der Waals surface area contributed by atoms with Crippen molar-refractivity contribution in [2.45, 2.75) is 37.8 Å². The van der Waals surface area contributed by atoms with Crippen molar-refractivity contribution in [3.63, 3.8) is 0 Å². The van der Waals surface area contributed by atoms with E-state index in [-0.39, 0.29) is 11.9 Å². The Kier molecular flexibility index (Phi) is 5.20. The molecule has 0 spiro atoms. The summed E-state index contributed by atoms with van der Waals surface area (Å²) in [6, 6.07) is 12.9. The third-order valence-electron chi connectivity index (χ3n) is 4.60. The summed E-state index contributed by atoms with van der Waals surface area (Å²) < 4.78 is 16.6. The number of carbonyl (C=O) groups is 1. The van der Waals surface area contributed by atoms with Crippen LogP contribution in [0.15, 0.2) is 46.9 Å². The quantitative estimate of drug-likeness (QED) is 0.828. The van der Waals surface area contributed by atoms with Crippen molar-refractivity contribution in [3.8, 4) is 11.7 Å². The number of ether oxygens (including phenoxy) is 2. The van der Waals surface area contributed by atoms with Crippen LogP contribution in [0.5, 0.6) is 11.7 Å². The number of carbonyl (C=O) groups excluding carboxylic acids is 1. The molecule has 0 aliphatic heterocycles. The number of rotatable bonds is 5. The van der Waals surface area contributed by atoms with Gasteiger partial charge in [0.25, 0.3) is 11.9 Å². The zero-order valence-corrected chi connectivity index (χ0v) is 14.1. The smallest absolute Gasteiger partial charge is 0.290 e. The van der Waals surface area contributed by atoms with E-state index in [1.54, 1.807) is 24.1 Å². The molecule has 5 heteroatoms. The summed E-state index contributed by atoms with van der Waals surface area (Å²) in [4.78, 5) is 14.4. The molecule has 1 aromatic carbocycles. The summed E-state index contributed by atoms with van der Waals surface area (Å²) in [5.74, 6) is 1.19. The van der Waals surface area contributed by atoms with E-state index in [4.69, 9.17) is 13.9 Å². The Balaban J connectivity index is 1.61. The maximum Gasteiger partial charge on any atom is 0.290 e. The molecule has 1 aliphatic carbocycles. The third-order valence-corrected chi connectivity index (χ3v) is 4.60. The molecular weight excluding hydrogens is 306 g/mol. The van der Waals surface area contributed by atoms with E-state index in [2.05, 4.69) is 0 Å². The fraction of sp³-hybridized carbons (Fsp3) is 0.421. The van der Waals surface area contributed by atoms with E-state index in [1.165, 1.54) is 0 Å². The van der Waals surface area contributed by atoms with Gasteiger partial charge in [0.15, 0.2) is 5.76 Å². The van der Waals surface area contributed by atoms with E-state index >= 15 is 0 Å². The highest BCUT2D eigenvalue weighted by Gasteiger charge is 2.28. The van der Waals surface area contributed by atoms with E-state index in [0.29, 0.717) is 23.6 Å². The van der Waals surface area contributed by atoms with Gasteiger partial charge in [-0.1, -0.05) is 18.2 Å². The summed E-state index contributed by atoms with van der Waals surface area (Å²) in [7, 11) is 3.58. The number of benzene rings is 1. The van der Waals surface area contributed by atoms with Gasteiger partial charge in [0.2, 0.25) is 0 Å². The number of amides is 1. The largest absolute Gasteiger partial charge is 0.426 e. The maximum absolute atomic E-state index is 12.6. The highest BCUT2D eigenvalue weighted by atomic mass is 16.6. The first kappa shape index (κ1) is 16.6. The maximum atomic E-state index is 12.6. The monoisotopic (exact) mass is 329 g/mol. The molecule has 0 radical (unpaired) electrons. The molecule has 0 saturated heterocycles. The zero-order chi connectivity index (χ0) is 16.9. The van der Waals surface area contributed by atoms with Crippen LogP contribution in [-0.4, -0.2) is 37.1 Å². The van der Waals surface area contributed by atoms with Gasteiger partial charge in [-0.25, -0.2) is 0 Å². The van der Waals surface area contributed by atoms with Crippen molar-refractivity contribution in [2.75, 3.05) is 14.2 Å². The van der Waals surface area contributed by atoms with Crippen molar-refractivity contribution in [1.29, 1.82) is 0 Å². The lowest BCUT2D eigenvalue weighted by atomic mass is 9.92. The topological polar surface area (TPSA) is 51.9 Å².